The lowest BCUT2D eigenvalue weighted by Crippen LogP contribution is -2.44. The molecule has 1 N–H and O–H groups in total. The van der Waals surface area contributed by atoms with Gasteiger partial charge >= 0.3 is 0 Å². The Labute approximate surface area is 177 Å². The maximum Gasteiger partial charge on any atom is 0.224 e. The number of piperidine rings is 2. The zero-order valence-electron chi connectivity index (χ0n) is 19.1. The number of nitrogens with zero attached hydrogens (tertiary/aromatic N) is 2. The summed E-state index contributed by atoms with van der Waals surface area (Å²) in [6.07, 6.45) is 5.72. The minimum atomic E-state index is 0.130. The van der Waals surface area contributed by atoms with Gasteiger partial charge < -0.3 is 19.9 Å². The van der Waals surface area contributed by atoms with E-state index in [0.717, 1.165) is 64.2 Å². The van der Waals surface area contributed by atoms with Crippen LogP contribution in [0.5, 0.6) is 0 Å². The maximum atomic E-state index is 12.3. The number of hydrogen-bond acceptors (Lipinski definition) is 4. The molecule has 6 nitrogen and oxygen atoms in total. The van der Waals surface area contributed by atoms with Crippen LogP contribution >= 0.6 is 0 Å². The minimum Gasteiger partial charge on any atom is -0.379 e. The van der Waals surface area contributed by atoms with Crippen molar-refractivity contribution in [3.05, 3.63) is 0 Å². The SMILES string of the molecule is CCC(C)N1CCC(C(=O)NCCOCCC(=O)N2CCC(C(C)C)CC2)CC1. The van der Waals surface area contributed by atoms with Crippen molar-refractivity contribution < 1.29 is 14.3 Å². The first kappa shape index (κ1) is 24.1. The second-order valence-electron chi connectivity index (χ2n) is 9.18. The van der Waals surface area contributed by atoms with Gasteiger partial charge in [0, 0.05) is 31.6 Å². The molecule has 2 heterocycles. The predicted molar refractivity (Wildman–Crippen MR) is 117 cm³/mol. The fourth-order valence-corrected chi connectivity index (χ4v) is 4.49. The molecule has 6 heteroatoms. The summed E-state index contributed by atoms with van der Waals surface area (Å²) >= 11 is 0. The van der Waals surface area contributed by atoms with Crippen molar-refractivity contribution in [3.63, 3.8) is 0 Å². The molecule has 0 aromatic rings. The van der Waals surface area contributed by atoms with Crippen LogP contribution in [0.3, 0.4) is 0 Å². The topological polar surface area (TPSA) is 61.9 Å². The van der Waals surface area contributed by atoms with Gasteiger partial charge in [0.2, 0.25) is 11.8 Å². The molecule has 0 aromatic carbocycles. The van der Waals surface area contributed by atoms with Crippen LogP contribution in [0.1, 0.15) is 66.2 Å². The number of ether oxygens (including phenoxy) is 1. The Kier molecular flexibility index (Phi) is 10.4. The summed E-state index contributed by atoms with van der Waals surface area (Å²) in [7, 11) is 0. The van der Waals surface area contributed by atoms with Crippen LogP contribution in [0.4, 0.5) is 0 Å². The van der Waals surface area contributed by atoms with E-state index in [9.17, 15) is 9.59 Å². The number of likely N-dealkylation sites (tertiary alicyclic amines) is 2. The molecular weight excluding hydrogens is 366 g/mol. The molecule has 29 heavy (non-hydrogen) atoms. The molecule has 2 saturated heterocycles. The van der Waals surface area contributed by atoms with Crippen LogP contribution in [0, 0.1) is 17.8 Å². The van der Waals surface area contributed by atoms with Gasteiger partial charge in [-0.1, -0.05) is 20.8 Å². The van der Waals surface area contributed by atoms with Crippen LogP contribution in [-0.2, 0) is 14.3 Å². The second-order valence-corrected chi connectivity index (χ2v) is 9.18. The first-order valence-electron chi connectivity index (χ1n) is 11.8. The van der Waals surface area contributed by atoms with E-state index in [-0.39, 0.29) is 17.7 Å². The number of nitrogens with one attached hydrogen (secondary N) is 1. The summed E-state index contributed by atoms with van der Waals surface area (Å²) in [4.78, 5) is 29.1. The number of rotatable bonds is 10. The highest BCUT2D eigenvalue weighted by molar-refractivity contribution is 5.78. The third kappa shape index (κ3) is 7.89. The summed E-state index contributed by atoms with van der Waals surface area (Å²) < 4.78 is 5.58. The lowest BCUT2D eigenvalue weighted by atomic mass is 9.86. The Balaban J connectivity index is 1.50. The zero-order chi connectivity index (χ0) is 21.2. The highest BCUT2D eigenvalue weighted by Crippen LogP contribution is 2.24. The van der Waals surface area contributed by atoms with Crippen molar-refractivity contribution in [2.45, 2.75) is 72.3 Å². The van der Waals surface area contributed by atoms with Gasteiger partial charge in [-0.15, -0.1) is 0 Å². The molecule has 0 saturated carbocycles. The van der Waals surface area contributed by atoms with Crippen LogP contribution < -0.4 is 5.32 Å². The average molecular weight is 410 g/mol. The lowest BCUT2D eigenvalue weighted by Gasteiger charge is -2.35. The molecule has 2 fully saturated rings. The van der Waals surface area contributed by atoms with E-state index < -0.39 is 0 Å². The number of carbonyl (C=O) groups excluding carboxylic acids is 2. The van der Waals surface area contributed by atoms with Crippen molar-refractivity contribution in [1.29, 1.82) is 0 Å². The van der Waals surface area contributed by atoms with E-state index in [1.165, 1.54) is 0 Å². The normalized spacial score (nSPS) is 20.8. The Morgan fingerprint density at radius 2 is 1.66 bits per heavy atom. The molecule has 0 aromatic heterocycles. The van der Waals surface area contributed by atoms with E-state index in [4.69, 9.17) is 4.74 Å². The van der Waals surface area contributed by atoms with E-state index in [0.29, 0.717) is 38.1 Å². The Bertz CT molecular complexity index is 496. The van der Waals surface area contributed by atoms with E-state index in [1.54, 1.807) is 0 Å². The fourth-order valence-electron chi connectivity index (χ4n) is 4.49. The highest BCUT2D eigenvalue weighted by Gasteiger charge is 2.26. The predicted octanol–water partition coefficient (Wildman–Crippen LogP) is 2.91. The summed E-state index contributed by atoms with van der Waals surface area (Å²) in [6.45, 7) is 14.2. The van der Waals surface area contributed by atoms with Crippen molar-refractivity contribution in [2.75, 3.05) is 45.9 Å². The van der Waals surface area contributed by atoms with Gasteiger partial charge in [-0.3, -0.25) is 9.59 Å². The van der Waals surface area contributed by atoms with Gasteiger partial charge in [0.1, 0.15) is 0 Å². The smallest absolute Gasteiger partial charge is 0.224 e. The van der Waals surface area contributed by atoms with Crippen LogP contribution in [0.2, 0.25) is 0 Å². The van der Waals surface area contributed by atoms with Crippen molar-refractivity contribution >= 4 is 11.8 Å². The van der Waals surface area contributed by atoms with Gasteiger partial charge in [-0.2, -0.15) is 0 Å². The second kappa shape index (κ2) is 12.5. The maximum absolute atomic E-state index is 12.3. The Morgan fingerprint density at radius 1 is 1.00 bits per heavy atom. The Morgan fingerprint density at radius 3 is 2.24 bits per heavy atom. The molecule has 0 radical (unpaired) electrons. The largest absolute Gasteiger partial charge is 0.379 e. The monoisotopic (exact) mass is 409 g/mol. The van der Waals surface area contributed by atoms with Crippen molar-refractivity contribution in [3.8, 4) is 0 Å². The van der Waals surface area contributed by atoms with Gasteiger partial charge in [-0.05, 0) is 64.0 Å². The molecular formula is C23H43N3O3. The number of amides is 2. The standard InChI is InChI=1S/C23H43N3O3/c1-5-19(4)25-12-8-21(9-13-25)23(28)24-11-17-29-16-10-22(27)26-14-6-20(7-15-26)18(2)3/h18-21H,5-17H2,1-4H3,(H,24,28). The number of carbonyl (C=O) groups is 2. The van der Waals surface area contributed by atoms with E-state index in [1.807, 2.05) is 4.90 Å². The van der Waals surface area contributed by atoms with Crippen LogP contribution in [0.15, 0.2) is 0 Å². The zero-order valence-corrected chi connectivity index (χ0v) is 19.1. The molecule has 2 aliphatic rings. The average Bonchev–Trinajstić information content (AvgIpc) is 2.75. The molecule has 2 rings (SSSR count). The third-order valence-corrected chi connectivity index (χ3v) is 6.96. The first-order valence-corrected chi connectivity index (χ1v) is 11.8. The van der Waals surface area contributed by atoms with Gasteiger partial charge in [0.15, 0.2) is 0 Å². The Hall–Kier alpha value is -1.14. The summed E-state index contributed by atoms with van der Waals surface area (Å²) in [5.41, 5.74) is 0. The highest BCUT2D eigenvalue weighted by atomic mass is 16.5. The molecule has 168 valence electrons. The summed E-state index contributed by atoms with van der Waals surface area (Å²) in [6, 6.07) is 0.608. The molecule has 0 aliphatic carbocycles. The van der Waals surface area contributed by atoms with E-state index in [2.05, 4.69) is 37.9 Å². The minimum absolute atomic E-state index is 0.130. The van der Waals surface area contributed by atoms with Crippen molar-refractivity contribution in [2.24, 2.45) is 17.8 Å². The molecule has 2 amide bonds. The molecule has 1 unspecified atom stereocenters. The molecule has 0 spiro atoms. The van der Waals surface area contributed by atoms with Gasteiger partial charge in [-0.25, -0.2) is 0 Å². The van der Waals surface area contributed by atoms with Crippen LogP contribution in [0.25, 0.3) is 0 Å². The summed E-state index contributed by atoms with van der Waals surface area (Å²) in [5, 5.41) is 3.00. The van der Waals surface area contributed by atoms with E-state index >= 15 is 0 Å². The fraction of sp³-hybridized carbons (Fsp3) is 0.913. The quantitative estimate of drug-likeness (QED) is 0.564. The summed E-state index contributed by atoms with van der Waals surface area (Å²) in [5.74, 6) is 1.94. The molecule has 1 atom stereocenters. The van der Waals surface area contributed by atoms with Gasteiger partial charge in [0.05, 0.1) is 19.6 Å². The lowest BCUT2D eigenvalue weighted by molar-refractivity contribution is -0.134. The van der Waals surface area contributed by atoms with Crippen molar-refractivity contribution in [1.82, 2.24) is 15.1 Å². The first-order chi connectivity index (χ1) is 13.9. The van der Waals surface area contributed by atoms with Crippen LogP contribution in [-0.4, -0.2) is 73.6 Å². The van der Waals surface area contributed by atoms with Gasteiger partial charge in [0.25, 0.3) is 0 Å². The molecule has 0 bridgehead atoms. The number of hydrogen-bond donors (Lipinski definition) is 1. The molecule has 2 aliphatic heterocycles. The third-order valence-electron chi connectivity index (χ3n) is 6.96.